The van der Waals surface area contributed by atoms with Gasteiger partial charge in [0.05, 0.1) is 6.61 Å². The number of halogens is 3. The Labute approximate surface area is 215 Å². The molecule has 4 atom stereocenters. The normalized spacial score (nSPS) is 25.4. The van der Waals surface area contributed by atoms with E-state index in [0.717, 1.165) is 5.56 Å². The van der Waals surface area contributed by atoms with E-state index in [-0.39, 0.29) is 12.6 Å². The maximum atomic E-state index is 9.72. The molecule has 0 saturated carbocycles. The zero-order valence-electron chi connectivity index (χ0n) is 18.2. The maximum Gasteiger partial charge on any atom is 0.223 e. The number of hydrogen-bond donors (Lipinski definition) is 2. The minimum absolute atomic E-state index is 0.124. The Bertz CT molecular complexity index is 1120. The number of aliphatic hydroxyl groups excluding tert-OH is 1. The number of fused-ring (bicyclic) bond motifs is 2. The molecule has 2 aliphatic heterocycles. The van der Waals surface area contributed by atoms with Crippen molar-refractivity contribution in [1.29, 1.82) is 0 Å². The first kappa shape index (κ1) is 25.6. The summed E-state index contributed by atoms with van der Waals surface area (Å²) in [4.78, 5) is 8.70. The van der Waals surface area contributed by atoms with Crippen LogP contribution in [-0.4, -0.2) is 65.1 Å². The molecule has 184 valence electrons. The molecule has 0 bridgehead atoms. The second-order valence-corrected chi connectivity index (χ2v) is 10.9. The maximum absolute atomic E-state index is 9.72. The molecule has 4 unspecified atom stereocenters. The first-order chi connectivity index (χ1) is 16.2. The average molecular weight is 550 g/mol. The lowest BCUT2D eigenvalue weighted by Crippen LogP contribution is -2.31. The van der Waals surface area contributed by atoms with E-state index in [1.165, 1.54) is 16.4 Å². The zero-order valence-corrected chi connectivity index (χ0v) is 21.3. The SMILES string of the molecule is CC1(C)OC2C(CO)OC(n3nnc4c(SCc5ccccc5)nc(N)nc43)C2O1.ClC(Cl)Cl. The predicted octanol–water partition coefficient (Wildman–Crippen LogP) is 3.49. The number of anilines is 1. The second-order valence-electron chi connectivity index (χ2n) is 7.93. The van der Waals surface area contributed by atoms with Crippen LogP contribution in [-0.2, 0) is 20.0 Å². The Kier molecular flexibility index (Phi) is 8.05. The van der Waals surface area contributed by atoms with Gasteiger partial charge in [0.25, 0.3) is 0 Å². The molecule has 5 rings (SSSR count). The number of nitrogen functional groups attached to an aromatic ring is 1. The van der Waals surface area contributed by atoms with Crippen molar-refractivity contribution in [1.82, 2.24) is 25.0 Å². The van der Waals surface area contributed by atoms with Crippen molar-refractivity contribution in [2.75, 3.05) is 12.3 Å². The van der Waals surface area contributed by atoms with Crippen LogP contribution in [0.4, 0.5) is 5.95 Å². The molecule has 10 nitrogen and oxygen atoms in total. The van der Waals surface area contributed by atoms with Gasteiger partial charge in [-0.1, -0.05) is 82.1 Å². The molecule has 0 aliphatic carbocycles. The number of nitrogens with zero attached hydrogens (tertiary/aromatic N) is 5. The van der Waals surface area contributed by atoms with Crippen molar-refractivity contribution in [3.63, 3.8) is 0 Å². The standard InChI is InChI=1S/C19H22N6O4S.CHCl3/c1-19(2)28-13-11(8-26)27-17(14(13)29-19)25-15-12(23-24-25)16(22-18(20)21-15)30-9-10-6-4-3-5-7-10;2-1(3)4/h3-7,11,13-14,17,26H,8-9H2,1-2H3,(H2,20,21,22);1H. The molecular weight excluding hydrogens is 527 g/mol. The van der Waals surface area contributed by atoms with Gasteiger partial charge < -0.3 is 25.1 Å². The fourth-order valence-corrected chi connectivity index (χ4v) is 4.75. The topological polar surface area (TPSA) is 130 Å². The summed E-state index contributed by atoms with van der Waals surface area (Å²) in [7, 11) is 0. The summed E-state index contributed by atoms with van der Waals surface area (Å²) in [5, 5.41) is 18.9. The van der Waals surface area contributed by atoms with Crippen LogP contribution in [0.1, 0.15) is 25.6 Å². The van der Waals surface area contributed by atoms with Gasteiger partial charge in [0.2, 0.25) is 5.95 Å². The van der Waals surface area contributed by atoms with Gasteiger partial charge in [-0.05, 0) is 19.4 Å². The number of hydrogen-bond acceptors (Lipinski definition) is 10. The zero-order chi connectivity index (χ0) is 24.5. The molecule has 1 aromatic carbocycles. The number of thioether (sulfide) groups is 1. The molecule has 2 aliphatic rings. The summed E-state index contributed by atoms with van der Waals surface area (Å²) in [6.07, 6.45) is -2.06. The van der Waals surface area contributed by atoms with Gasteiger partial charge in [-0.15, -0.1) is 5.10 Å². The van der Waals surface area contributed by atoms with Crippen LogP contribution in [0, 0.1) is 0 Å². The molecule has 14 heteroatoms. The molecule has 2 aromatic heterocycles. The highest BCUT2D eigenvalue weighted by Gasteiger charge is 2.56. The quantitative estimate of drug-likeness (QED) is 0.277. The monoisotopic (exact) mass is 548 g/mol. The van der Waals surface area contributed by atoms with Crippen molar-refractivity contribution >= 4 is 63.7 Å². The van der Waals surface area contributed by atoms with Crippen LogP contribution in [0.25, 0.3) is 11.2 Å². The Morgan fingerprint density at radius 2 is 1.82 bits per heavy atom. The van der Waals surface area contributed by atoms with Gasteiger partial charge in [-0.25, -0.2) is 4.98 Å². The molecule has 2 saturated heterocycles. The van der Waals surface area contributed by atoms with Crippen LogP contribution < -0.4 is 5.73 Å². The molecule has 3 aromatic rings. The predicted molar refractivity (Wildman–Crippen MR) is 130 cm³/mol. The van der Waals surface area contributed by atoms with Crippen molar-refractivity contribution in [3.8, 4) is 0 Å². The van der Waals surface area contributed by atoms with Gasteiger partial charge in [0.1, 0.15) is 23.3 Å². The van der Waals surface area contributed by atoms with E-state index in [1.54, 1.807) is 0 Å². The van der Waals surface area contributed by atoms with E-state index in [4.69, 9.17) is 54.7 Å². The summed E-state index contributed by atoms with van der Waals surface area (Å²) >= 11 is 15.9. The molecule has 0 radical (unpaired) electrons. The van der Waals surface area contributed by atoms with Gasteiger partial charge in [-0.2, -0.15) is 9.67 Å². The summed E-state index contributed by atoms with van der Waals surface area (Å²) in [6, 6.07) is 10.1. The smallest absolute Gasteiger partial charge is 0.223 e. The lowest BCUT2D eigenvalue weighted by molar-refractivity contribution is -0.201. The summed E-state index contributed by atoms with van der Waals surface area (Å²) < 4.78 is 18.7. The van der Waals surface area contributed by atoms with Crippen molar-refractivity contribution < 1.29 is 19.3 Å². The lowest BCUT2D eigenvalue weighted by Gasteiger charge is -2.23. The van der Waals surface area contributed by atoms with Crippen molar-refractivity contribution in [2.24, 2.45) is 0 Å². The van der Waals surface area contributed by atoms with Crippen LogP contribution >= 0.6 is 46.6 Å². The number of rotatable bonds is 5. The minimum Gasteiger partial charge on any atom is -0.394 e. The molecule has 0 amide bonds. The molecular formula is C20H23Cl3N6O4S. The first-order valence-corrected chi connectivity index (χ1v) is 12.6. The number of aliphatic hydroxyl groups is 1. The average Bonchev–Trinajstić information content (AvgIpc) is 3.42. The van der Waals surface area contributed by atoms with E-state index in [0.29, 0.717) is 21.9 Å². The Balaban J connectivity index is 0.000000636. The largest absolute Gasteiger partial charge is 0.394 e. The van der Waals surface area contributed by atoms with E-state index < -0.39 is 34.6 Å². The first-order valence-electron chi connectivity index (χ1n) is 10.3. The Morgan fingerprint density at radius 1 is 1.15 bits per heavy atom. The van der Waals surface area contributed by atoms with Crippen LogP contribution in [0.3, 0.4) is 0 Å². The second kappa shape index (κ2) is 10.7. The summed E-state index contributed by atoms with van der Waals surface area (Å²) in [5.41, 5.74) is 8.13. The number of aromatic nitrogens is 5. The third kappa shape index (κ3) is 5.68. The molecule has 4 heterocycles. The van der Waals surface area contributed by atoms with E-state index >= 15 is 0 Å². The minimum atomic E-state index is -0.786. The van der Waals surface area contributed by atoms with E-state index in [1.807, 2.05) is 44.2 Å². The van der Waals surface area contributed by atoms with Crippen LogP contribution in [0.2, 0.25) is 0 Å². The van der Waals surface area contributed by atoms with Crippen LogP contribution in [0.5, 0.6) is 0 Å². The fraction of sp³-hybridized carbons (Fsp3) is 0.500. The molecule has 3 N–H and O–H groups in total. The number of ether oxygens (including phenoxy) is 3. The van der Waals surface area contributed by atoms with Gasteiger partial charge in [0, 0.05) is 5.75 Å². The molecule has 34 heavy (non-hydrogen) atoms. The summed E-state index contributed by atoms with van der Waals surface area (Å²) in [6.45, 7) is 3.46. The Hall–Kier alpha value is -1.44. The number of alkyl halides is 3. The van der Waals surface area contributed by atoms with E-state index in [2.05, 4.69) is 20.3 Å². The number of benzene rings is 1. The number of nitrogens with two attached hydrogens (primary N) is 1. The molecule has 2 fully saturated rings. The van der Waals surface area contributed by atoms with Crippen molar-refractivity contribution in [2.45, 2.75) is 59.2 Å². The van der Waals surface area contributed by atoms with E-state index in [9.17, 15) is 5.11 Å². The fourth-order valence-electron chi connectivity index (χ4n) is 3.82. The van der Waals surface area contributed by atoms with Gasteiger partial charge in [-0.3, -0.25) is 0 Å². The van der Waals surface area contributed by atoms with Crippen molar-refractivity contribution in [3.05, 3.63) is 35.9 Å². The lowest BCUT2D eigenvalue weighted by atomic mass is 10.1. The Morgan fingerprint density at radius 3 is 2.50 bits per heavy atom. The van der Waals surface area contributed by atoms with Gasteiger partial charge in [0.15, 0.2) is 27.5 Å². The summed E-state index contributed by atoms with van der Waals surface area (Å²) in [5.74, 6) is 0.0480. The third-order valence-corrected chi connectivity index (χ3v) is 6.11. The third-order valence-electron chi connectivity index (χ3n) is 5.07. The highest BCUT2D eigenvalue weighted by molar-refractivity contribution is 7.98. The highest BCUT2D eigenvalue weighted by atomic mass is 35.6. The van der Waals surface area contributed by atoms with Crippen LogP contribution in [0.15, 0.2) is 35.4 Å². The highest BCUT2D eigenvalue weighted by Crippen LogP contribution is 2.43. The van der Waals surface area contributed by atoms with Gasteiger partial charge >= 0.3 is 0 Å². The molecule has 0 spiro atoms.